The molecule has 0 bridgehead atoms. The van der Waals surface area contributed by atoms with Gasteiger partial charge in [0.05, 0.1) is 32.8 Å². The lowest BCUT2D eigenvalue weighted by Crippen LogP contribution is -2.47. The number of nitrogens with zero attached hydrogens (tertiary/aromatic N) is 2. The van der Waals surface area contributed by atoms with E-state index in [-0.39, 0.29) is 17.7 Å². The fourth-order valence-electron chi connectivity index (χ4n) is 4.81. The van der Waals surface area contributed by atoms with Crippen molar-refractivity contribution < 1.29 is 23.8 Å². The van der Waals surface area contributed by atoms with Crippen molar-refractivity contribution in [3.05, 3.63) is 58.6 Å². The largest absolute Gasteiger partial charge is 0.496 e. The quantitative estimate of drug-likeness (QED) is 0.585. The molecule has 35 heavy (non-hydrogen) atoms. The van der Waals surface area contributed by atoms with Crippen molar-refractivity contribution in [2.75, 3.05) is 47.5 Å². The van der Waals surface area contributed by atoms with E-state index < -0.39 is 0 Å². The van der Waals surface area contributed by atoms with Crippen LogP contribution in [0.5, 0.6) is 17.2 Å². The molecule has 2 heterocycles. The molecule has 4 rings (SSSR count). The predicted molar refractivity (Wildman–Crippen MR) is 135 cm³/mol. The molecule has 7 nitrogen and oxygen atoms in total. The molecule has 1 unspecified atom stereocenters. The average Bonchev–Trinajstić information content (AvgIpc) is 2.92. The zero-order valence-corrected chi connectivity index (χ0v) is 21.1. The van der Waals surface area contributed by atoms with Gasteiger partial charge >= 0.3 is 0 Å². The van der Waals surface area contributed by atoms with Crippen molar-refractivity contribution in [3.8, 4) is 17.2 Å². The Hall–Kier alpha value is -3.19. The van der Waals surface area contributed by atoms with Crippen LogP contribution in [0.1, 0.15) is 35.2 Å². The number of rotatable bonds is 6. The van der Waals surface area contributed by atoms with Gasteiger partial charge in [-0.1, -0.05) is 17.7 Å². The standard InChI is InChI=1S/C27H31ClN2O5/c1-33-22-15-23(34-2)25(24(16-22)35-3)18-10-13-29(14-11-18)27(32)20-5-4-12-30(17-20)26(31)19-6-8-21(28)9-7-19/h6-10,15-16,20H,4-5,11-14,17H2,1-3H3. The van der Waals surface area contributed by atoms with Crippen LogP contribution in [0.15, 0.2) is 42.5 Å². The lowest BCUT2D eigenvalue weighted by Gasteiger charge is -2.36. The molecule has 8 heteroatoms. The van der Waals surface area contributed by atoms with E-state index in [0.717, 1.165) is 24.0 Å². The van der Waals surface area contributed by atoms with E-state index in [4.69, 9.17) is 25.8 Å². The Morgan fingerprint density at radius 1 is 0.943 bits per heavy atom. The molecular formula is C27H31ClN2O5. The highest BCUT2D eigenvalue weighted by Gasteiger charge is 2.32. The lowest BCUT2D eigenvalue weighted by molar-refractivity contribution is -0.136. The number of methoxy groups -OCH3 is 3. The topological polar surface area (TPSA) is 68.3 Å². The second-order valence-electron chi connectivity index (χ2n) is 8.77. The van der Waals surface area contributed by atoms with Crippen molar-refractivity contribution in [1.29, 1.82) is 0 Å². The molecule has 2 aromatic rings. The van der Waals surface area contributed by atoms with E-state index in [9.17, 15) is 9.59 Å². The smallest absolute Gasteiger partial charge is 0.253 e. The second kappa shape index (κ2) is 11.0. The number of benzene rings is 2. The number of ether oxygens (including phenoxy) is 3. The van der Waals surface area contributed by atoms with Gasteiger partial charge in [-0.15, -0.1) is 0 Å². The third-order valence-electron chi connectivity index (χ3n) is 6.71. The number of piperidine rings is 1. The van der Waals surface area contributed by atoms with Crippen LogP contribution >= 0.6 is 11.6 Å². The normalized spacial score (nSPS) is 18.1. The molecule has 0 saturated carbocycles. The summed E-state index contributed by atoms with van der Waals surface area (Å²) in [6, 6.07) is 10.6. The Kier molecular flexibility index (Phi) is 7.86. The van der Waals surface area contributed by atoms with Crippen LogP contribution in [-0.4, -0.2) is 69.1 Å². The summed E-state index contributed by atoms with van der Waals surface area (Å²) >= 11 is 5.95. The third-order valence-corrected chi connectivity index (χ3v) is 6.96. The molecule has 1 atom stereocenters. The van der Waals surface area contributed by atoms with Crippen LogP contribution in [0.4, 0.5) is 0 Å². The summed E-state index contributed by atoms with van der Waals surface area (Å²) in [5.41, 5.74) is 2.56. The van der Waals surface area contributed by atoms with E-state index in [1.807, 2.05) is 17.0 Å². The van der Waals surface area contributed by atoms with Gasteiger partial charge in [0.2, 0.25) is 5.91 Å². The second-order valence-corrected chi connectivity index (χ2v) is 9.20. The summed E-state index contributed by atoms with van der Waals surface area (Å²) in [6.45, 7) is 2.21. The number of likely N-dealkylation sites (tertiary alicyclic amines) is 1. The highest BCUT2D eigenvalue weighted by atomic mass is 35.5. The van der Waals surface area contributed by atoms with Crippen LogP contribution in [-0.2, 0) is 4.79 Å². The molecule has 1 saturated heterocycles. The number of hydrogen-bond donors (Lipinski definition) is 0. The molecule has 2 aliphatic rings. The van der Waals surface area contributed by atoms with Crippen molar-refractivity contribution >= 4 is 29.0 Å². The maximum atomic E-state index is 13.4. The van der Waals surface area contributed by atoms with E-state index in [1.54, 1.807) is 50.5 Å². The van der Waals surface area contributed by atoms with Crippen LogP contribution in [0.3, 0.4) is 0 Å². The molecule has 2 aliphatic heterocycles. The SMILES string of the molecule is COc1cc(OC)c(C2=CCN(C(=O)C3CCCN(C(=O)c4ccc(Cl)cc4)C3)CC2)c(OC)c1. The monoisotopic (exact) mass is 498 g/mol. The molecule has 0 radical (unpaired) electrons. The Morgan fingerprint density at radius 3 is 2.20 bits per heavy atom. The Bertz CT molecular complexity index is 1090. The number of carbonyl (C=O) groups excluding carboxylic acids is 2. The van der Waals surface area contributed by atoms with Gasteiger partial charge in [0, 0.05) is 48.9 Å². The Balaban J connectivity index is 1.45. The molecule has 2 amide bonds. The number of amides is 2. The summed E-state index contributed by atoms with van der Waals surface area (Å²) < 4.78 is 16.6. The van der Waals surface area contributed by atoms with Crippen LogP contribution in [0, 0.1) is 5.92 Å². The molecule has 2 aromatic carbocycles. The van der Waals surface area contributed by atoms with Crippen LogP contribution in [0.2, 0.25) is 5.02 Å². The van der Waals surface area contributed by atoms with Gasteiger partial charge in [-0.25, -0.2) is 0 Å². The maximum absolute atomic E-state index is 13.4. The Labute approximate surface area is 211 Å². The molecule has 0 N–H and O–H groups in total. The summed E-state index contributed by atoms with van der Waals surface area (Å²) in [5, 5.41) is 0.593. The van der Waals surface area contributed by atoms with Gasteiger partial charge in [0.25, 0.3) is 5.91 Å². The summed E-state index contributed by atoms with van der Waals surface area (Å²) in [6.07, 6.45) is 4.35. The molecule has 186 valence electrons. The number of carbonyl (C=O) groups is 2. The first-order valence-corrected chi connectivity index (χ1v) is 12.2. The van der Waals surface area contributed by atoms with Crippen LogP contribution < -0.4 is 14.2 Å². The summed E-state index contributed by atoms with van der Waals surface area (Å²) in [5.74, 6) is 1.86. The third kappa shape index (κ3) is 5.40. The predicted octanol–water partition coefficient (Wildman–Crippen LogP) is 4.53. The molecule has 0 aromatic heterocycles. The first kappa shape index (κ1) is 24.9. The highest BCUT2D eigenvalue weighted by molar-refractivity contribution is 6.30. The van der Waals surface area contributed by atoms with E-state index in [1.165, 1.54) is 0 Å². The van der Waals surface area contributed by atoms with Crippen molar-refractivity contribution in [2.45, 2.75) is 19.3 Å². The summed E-state index contributed by atoms with van der Waals surface area (Å²) in [7, 11) is 4.85. The van der Waals surface area contributed by atoms with Crippen molar-refractivity contribution in [2.24, 2.45) is 5.92 Å². The fraction of sp³-hybridized carbons (Fsp3) is 0.407. The van der Waals surface area contributed by atoms with Gasteiger partial charge in [0.1, 0.15) is 17.2 Å². The highest BCUT2D eigenvalue weighted by Crippen LogP contribution is 2.41. The molecule has 0 spiro atoms. The zero-order chi connectivity index (χ0) is 24.9. The van der Waals surface area contributed by atoms with Gasteiger partial charge in [-0.05, 0) is 49.1 Å². The first-order valence-electron chi connectivity index (χ1n) is 11.8. The average molecular weight is 499 g/mol. The van der Waals surface area contributed by atoms with Crippen molar-refractivity contribution in [3.63, 3.8) is 0 Å². The van der Waals surface area contributed by atoms with Crippen molar-refractivity contribution in [1.82, 2.24) is 9.80 Å². The van der Waals surface area contributed by atoms with Gasteiger partial charge in [-0.3, -0.25) is 9.59 Å². The van der Waals surface area contributed by atoms with Crippen LogP contribution in [0.25, 0.3) is 5.57 Å². The lowest BCUT2D eigenvalue weighted by atomic mass is 9.93. The minimum Gasteiger partial charge on any atom is -0.496 e. The van der Waals surface area contributed by atoms with E-state index in [2.05, 4.69) is 6.08 Å². The van der Waals surface area contributed by atoms with E-state index >= 15 is 0 Å². The number of hydrogen-bond acceptors (Lipinski definition) is 5. The Morgan fingerprint density at radius 2 is 1.63 bits per heavy atom. The van der Waals surface area contributed by atoms with Gasteiger partial charge < -0.3 is 24.0 Å². The molecule has 0 aliphatic carbocycles. The number of halogens is 1. The van der Waals surface area contributed by atoms with Gasteiger partial charge in [0.15, 0.2) is 0 Å². The first-order chi connectivity index (χ1) is 16.9. The van der Waals surface area contributed by atoms with E-state index in [0.29, 0.717) is 60.4 Å². The molecule has 1 fully saturated rings. The minimum atomic E-state index is -0.194. The zero-order valence-electron chi connectivity index (χ0n) is 20.4. The molecular weight excluding hydrogens is 468 g/mol. The summed E-state index contributed by atoms with van der Waals surface area (Å²) in [4.78, 5) is 30.0. The maximum Gasteiger partial charge on any atom is 0.253 e. The van der Waals surface area contributed by atoms with Gasteiger partial charge in [-0.2, -0.15) is 0 Å². The minimum absolute atomic E-state index is 0.0568. The fourth-order valence-corrected chi connectivity index (χ4v) is 4.94.